The van der Waals surface area contributed by atoms with Gasteiger partial charge in [0, 0.05) is 47.7 Å². The highest BCUT2D eigenvalue weighted by molar-refractivity contribution is 5.94. The Bertz CT molecular complexity index is 1390. The lowest BCUT2D eigenvalue weighted by Gasteiger charge is -2.14. The van der Waals surface area contributed by atoms with Gasteiger partial charge in [0.05, 0.1) is 11.1 Å². The summed E-state index contributed by atoms with van der Waals surface area (Å²) >= 11 is 0. The lowest BCUT2D eigenvalue weighted by molar-refractivity contribution is -0.137. The second-order valence-corrected chi connectivity index (χ2v) is 8.10. The number of rotatable bonds is 5. The van der Waals surface area contributed by atoms with Gasteiger partial charge in [0.1, 0.15) is 5.82 Å². The third-order valence-electron chi connectivity index (χ3n) is 5.44. The molecule has 6 nitrogen and oxygen atoms in total. The van der Waals surface area contributed by atoms with Crippen molar-refractivity contribution in [1.82, 2.24) is 20.3 Å². The molecule has 34 heavy (non-hydrogen) atoms. The van der Waals surface area contributed by atoms with Crippen molar-refractivity contribution >= 4 is 22.6 Å². The Labute approximate surface area is 194 Å². The first-order valence-electron chi connectivity index (χ1n) is 10.5. The molecular formula is C25H22F3N5O. The van der Waals surface area contributed by atoms with Gasteiger partial charge in [-0.3, -0.25) is 14.8 Å². The van der Waals surface area contributed by atoms with Crippen molar-refractivity contribution in [3.8, 4) is 0 Å². The van der Waals surface area contributed by atoms with Gasteiger partial charge in [0.2, 0.25) is 0 Å². The molecule has 0 fully saturated rings. The molecule has 4 rings (SSSR count). The summed E-state index contributed by atoms with van der Waals surface area (Å²) < 4.78 is 39.4. The van der Waals surface area contributed by atoms with Gasteiger partial charge in [-0.15, -0.1) is 0 Å². The highest BCUT2D eigenvalue weighted by Gasteiger charge is 2.34. The maximum atomic E-state index is 13.1. The minimum absolute atomic E-state index is 0.115. The predicted octanol–water partition coefficient (Wildman–Crippen LogP) is 4.76. The molecule has 0 unspecified atom stereocenters. The number of amides is 1. The number of hydrogen-bond donors (Lipinski definition) is 2. The van der Waals surface area contributed by atoms with Crippen molar-refractivity contribution in [2.75, 3.05) is 5.73 Å². The Balaban J connectivity index is 1.48. The molecule has 4 aromatic rings. The molecule has 0 aliphatic heterocycles. The van der Waals surface area contributed by atoms with Crippen LogP contribution in [0, 0.1) is 13.8 Å². The number of nitrogen functional groups attached to an aromatic ring is 1. The molecule has 0 saturated heterocycles. The number of aryl methyl sites for hydroxylation is 2. The molecule has 3 heterocycles. The average molecular weight is 465 g/mol. The topological polar surface area (TPSA) is 93.8 Å². The van der Waals surface area contributed by atoms with Crippen molar-refractivity contribution in [2.24, 2.45) is 0 Å². The van der Waals surface area contributed by atoms with Crippen molar-refractivity contribution < 1.29 is 18.0 Å². The van der Waals surface area contributed by atoms with E-state index in [4.69, 9.17) is 5.73 Å². The second-order valence-electron chi connectivity index (χ2n) is 8.10. The Morgan fingerprint density at radius 1 is 1.06 bits per heavy atom. The quantitative estimate of drug-likeness (QED) is 0.443. The fraction of sp³-hybridized carbons (Fsp3) is 0.200. The second kappa shape index (κ2) is 9.09. The molecule has 3 aromatic heterocycles. The van der Waals surface area contributed by atoms with Crippen LogP contribution < -0.4 is 11.1 Å². The predicted molar refractivity (Wildman–Crippen MR) is 123 cm³/mol. The molecule has 1 amide bonds. The van der Waals surface area contributed by atoms with E-state index >= 15 is 0 Å². The van der Waals surface area contributed by atoms with Crippen LogP contribution in [0.4, 0.5) is 19.0 Å². The molecule has 0 bridgehead atoms. The molecule has 0 radical (unpaired) electrons. The molecule has 0 saturated carbocycles. The first kappa shape index (κ1) is 23.2. The van der Waals surface area contributed by atoms with Gasteiger partial charge in [0.25, 0.3) is 5.91 Å². The minimum Gasteiger partial charge on any atom is -0.383 e. The number of nitrogens with zero attached hydrogens (tertiary/aromatic N) is 3. The van der Waals surface area contributed by atoms with E-state index in [1.807, 2.05) is 31.3 Å². The third-order valence-corrected chi connectivity index (χ3v) is 5.44. The number of nitrogens with two attached hydrogens (primary N) is 1. The van der Waals surface area contributed by atoms with Gasteiger partial charge in [-0.25, -0.2) is 4.98 Å². The summed E-state index contributed by atoms with van der Waals surface area (Å²) in [6.07, 6.45) is -0.756. The molecule has 3 N–H and O–H groups in total. The number of halogens is 3. The summed E-state index contributed by atoms with van der Waals surface area (Å²) in [6, 6.07) is 12.2. The summed E-state index contributed by atoms with van der Waals surface area (Å²) in [5.74, 6) is -1.01. The zero-order valence-corrected chi connectivity index (χ0v) is 18.6. The van der Waals surface area contributed by atoms with Crippen LogP contribution in [-0.2, 0) is 19.1 Å². The van der Waals surface area contributed by atoms with Gasteiger partial charge in [-0.05, 0) is 66.9 Å². The van der Waals surface area contributed by atoms with Crippen LogP contribution in [-0.4, -0.2) is 20.9 Å². The van der Waals surface area contributed by atoms with E-state index < -0.39 is 23.5 Å². The fourth-order valence-electron chi connectivity index (χ4n) is 3.68. The summed E-state index contributed by atoms with van der Waals surface area (Å²) in [7, 11) is 0. The van der Waals surface area contributed by atoms with Gasteiger partial charge in [-0.2, -0.15) is 13.2 Å². The maximum Gasteiger partial charge on any atom is 0.419 e. The highest BCUT2D eigenvalue weighted by atomic mass is 19.4. The summed E-state index contributed by atoms with van der Waals surface area (Å²) in [5.41, 5.74) is 8.99. The maximum absolute atomic E-state index is 13.1. The third kappa shape index (κ3) is 5.14. The lowest BCUT2D eigenvalue weighted by Crippen LogP contribution is -2.24. The first-order chi connectivity index (χ1) is 16.1. The van der Waals surface area contributed by atoms with Crippen molar-refractivity contribution in [1.29, 1.82) is 0 Å². The van der Waals surface area contributed by atoms with E-state index in [-0.39, 0.29) is 12.1 Å². The number of fused-ring (bicyclic) bond motifs is 1. The summed E-state index contributed by atoms with van der Waals surface area (Å²) in [6.45, 7) is 3.41. The Morgan fingerprint density at radius 2 is 1.85 bits per heavy atom. The zero-order valence-electron chi connectivity index (χ0n) is 18.6. The zero-order chi connectivity index (χ0) is 24.5. The van der Waals surface area contributed by atoms with Crippen molar-refractivity contribution in [3.63, 3.8) is 0 Å². The van der Waals surface area contributed by atoms with Crippen LogP contribution in [0.25, 0.3) is 10.9 Å². The molecule has 9 heteroatoms. The Hall–Kier alpha value is -4.01. The van der Waals surface area contributed by atoms with Crippen LogP contribution in [0.15, 0.2) is 54.9 Å². The molecule has 0 aliphatic rings. The van der Waals surface area contributed by atoms with E-state index in [0.29, 0.717) is 23.4 Å². The molecule has 0 spiro atoms. The lowest BCUT2D eigenvalue weighted by atomic mass is 10.0. The molecule has 174 valence electrons. The van der Waals surface area contributed by atoms with Gasteiger partial charge in [0.15, 0.2) is 0 Å². The standard InChI is InChI=1S/C25H22F3N5O/c1-14-7-18-8-16(3-4-22(18)31-12-14)9-20-10-17(5-6-30-20)24(34)32-13-19-11-21(25(26,27)28)23(29)33-15(19)2/h3-8,10-12H,9,13H2,1-2H3,(H2,29,33)(H,32,34). The van der Waals surface area contributed by atoms with Crippen LogP contribution in [0.5, 0.6) is 0 Å². The number of pyridine rings is 3. The SMILES string of the molecule is Cc1cnc2ccc(Cc3cc(C(=O)NCc4cc(C(F)(F)F)c(N)nc4C)ccn3)cc2c1. The number of hydrogen-bond acceptors (Lipinski definition) is 5. The summed E-state index contributed by atoms with van der Waals surface area (Å²) in [4.78, 5) is 25.2. The normalized spacial score (nSPS) is 11.6. The number of carbonyl (C=O) groups excluding carboxylic acids is 1. The number of anilines is 1. The van der Waals surface area contributed by atoms with Crippen LogP contribution in [0.2, 0.25) is 0 Å². The largest absolute Gasteiger partial charge is 0.419 e. The monoisotopic (exact) mass is 465 g/mol. The Morgan fingerprint density at radius 3 is 2.62 bits per heavy atom. The van der Waals surface area contributed by atoms with E-state index in [9.17, 15) is 18.0 Å². The smallest absolute Gasteiger partial charge is 0.383 e. The number of alkyl halides is 3. The van der Waals surface area contributed by atoms with E-state index in [2.05, 4.69) is 26.3 Å². The van der Waals surface area contributed by atoms with Crippen LogP contribution >= 0.6 is 0 Å². The first-order valence-corrected chi connectivity index (χ1v) is 10.5. The van der Waals surface area contributed by atoms with E-state index in [1.165, 1.54) is 6.20 Å². The molecule has 0 atom stereocenters. The molecule has 1 aromatic carbocycles. The number of nitrogens with one attached hydrogen (secondary N) is 1. The van der Waals surface area contributed by atoms with E-state index in [0.717, 1.165) is 28.1 Å². The average Bonchev–Trinajstić information content (AvgIpc) is 2.77. The molecular weight excluding hydrogens is 443 g/mol. The van der Waals surface area contributed by atoms with Crippen molar-refractivity contribution in [3.05, 3.63) is 94.1 Å². The number of carbonyl (C=O) groups is 1. The molecule has 0 aliphatic carbocycles. The van der Waals surface area contributed by atoms with Gasteiger partial charge in [-0.1, -0.05) is 6.07 Å². The number of benzene rings is 1. The van der Waals surface area contributed by atoms with Gasteiger partial charge >= 0.3 is 6.18 Å². The highest BCUT2D eigenvalue weighted by Crippen LogP contribution is 2.33. The minimum atomic E-state index is -4.62. The Kier molecular flexibility index (Phi) is 6.19. The van der Waals surface area contributed by atoms with Crippen LogP contribution in [0.3, 0.4) is 0 Å². The summed E-state index contributed by atoms with van der Waals surface area (Å²) in [5, 5.41) is 3.68. The van der Waals surface area contributed by atoms with Crippen LogP contribution in [0.1, 0.15) is 44.0 Å². The number of aromatic nitrogens is 3. The van der Waals surface area contributed by atoms with Crippen molar-refractivity contribution in [2.45, 2.75) is 33.0 Å². The van der Waals surface area contributed by atoms with E-state index in [1.54, 1.807) is 19.1 Å². The fourth-order valence-corrected chi connectivity index (χ4v) is 3.68. The van der Waals surface area contributed by atoms with Gasteiger partial charge < -0.3 is 11.1 Å².